The summed E-state index contributed by atoms with van der Waals surface area (Å²) in [7, 11) is 0. The Morgan fingerprint density at radius 1 is 0.947 bits per heavy atom. The molecule has 3 aromatic rings. The molecule has 0 aliphatic heterocycles. The Morgan fingerprint density at radius 2 is 1.74 bits per heavy atom. The Bertz CT molecular complexity index is 740. The first-order valence-electron chi connectivity index (χ1n) is 5.98. The summed E-state index contributed by atoms with van der Waals surface area (Å²) in [5.41, 5.74) is 8.16. The summed E-state index contributed by atoms with van der Waals surface area (Å²) in [6.07, 6.45) is 3.46. The summed E-state index contributed by atoms with van der Waals surface area (Å²) in [4.78, 5) is 8.49. The predicted octanol–water partition coefficient (Wildman–Crippen LogP) is 3.31. The first-order valence-corrected chi connectivity index (χ1v) is 5.98. The second-order valence-electron chi connectivity index (χ2n) is 4.24. The van der Waals surface area contributed by atoms with Crippen LogP contribution in [0.2, 0.25) is 0 Å². The fourth-order valence-electron chi connectivity index (χ4n) is 1.95. The Balaban J connectivity index is 2.12. The molecule has 3 rings (SSSR count). The van der Waals surface area contributed by atoms with Gasteiger partial charge in [0.05, 0.1) is 16.9 Å². The lowest BCUT2D eigenvalue weighted by molar-refractivity contribution is 0.481. The number of ether oxygens (including phenoxy) is 1. The Hall–Kier alpha value is -2.62. The van der Waals surface area contributed by atoms with Crippen LogP contribution in [0.3, 0.4) is 0 Å². The van der Waals surface area contributed by atoms with E-state index in [1.807, 2.05) is 37.3 Å². The van der Waals surface area contributed by atoms with Crippen LogP contribution < -0.4 is 10.5 Å². The van der Waals surface area contributed by atoms with Crippen molar-refractivity contribution in [3.05, 3.63) is 54.5 Å². The number of nitrogen functional groups attached to an aromatic ring is 1. The van der Waals surface area contributed by atoms with Crippen molar-refractivity contribution in [2.45, 2.75) is 6.92 Å². The van der Waals surface area contributed by atoms with Crippen LogP contribution in [0.25, 0.3) is 10.9 Å². The molecule has 0 aliphatic rings. The zero-order chi connectivity index (χ0) is 13.2. The van der Waals surface area contributed by atoms with Crippen molar-refractivity contribution in [2.75, 3.05) is 5.73 Å². The highest BCUT2D eigenvalue weighted by Gasteiger charge is 2.08. The molecular weight excluding hydrogens is 238 g/mol. The molecule has 4 heteroatoms. The highest BCUT2D eigenvalue weighted by Crippen LogP contribution is 2.32. The smallest absolute Gasteiger partial charge is 0.148 e. The number of pyridine rings is 2. The monoisotopic (exact) mass is 251 g/mol. The summed E-state index contributed by atoms with van der Waals surface area (Å²) in [6, 6.07) is 11.2. The summed E-state index contributed by atoms with van der Waals surface area (Å²) >= 11 is 0. The van der Waals surface area contributed by atoms with Gasteiger partial charge in [-0.2, -0.15) is 0 Å². The van der Waals surface area contributed by atoms with E-state index in [1.165, 1.54) is 0 Å². The number of hydrogen-bond acceptors (Lipinski definition) is 4. The zero-order valence-electron chi connectivity index (χ0n) is 10.5. The van der Waals surface area contributed by atoms with Gasteiger partial charge in [0, 0.05) is 17.8 Å². The number of fused-ring (bicyclic) bond motifs is 1. The molecule has 2 heterocycles. The number of anilines is 1. The SMILES string of the molecule is Cc1ncccc1Oc1ccc(N)c2ncccc12. The van der Waals surface area contributed by atoms with Gasteiger partial charge in [-0.05, 0) is 43.3 Å². The van der Waals surface area contributed by atoms with Gasteiger partial charge in [-0.15, -0.1) is 0 Å². The van der Waals surface area contributed by atoms with Crippen LogP contribution in [0.1, 0.15) is 5.69 Å². The largest absolute Gasteiger partial charge is 0.455 e. The van der Waals surface area contributed by atoms with E-state index in [-0.39, 0.29) is 0 Å². The molecule has 2 N–H and O–H groups in total. The maximum atomic E-state index is 5.92. The topological polar surface area (TPSA) is 61.0 Å². The van der Waals surface area contributed by atoms with Crippen LogP contribution in [0, 0.1) is 6.92 Å². The predicted molar refractivity (Wildman–Crippen MR) is 75.2 cm³/mol. The van der Waals surface area contributed by atoms with E-state index in [0.717, 1.165) is 28.1 Å². The van der Waals surface area contributed by atoms with Gasteiger partial charge in [-0.3, -0.25) is 9.97 Å². The number of nitrogens with two attached hydrogens (primary N) is 1. The molecule has 0 radical (unpaired) electrons. The third-order valence-electron chi connectivity index (χ3n) is 2.94. The normalized spacial score (nSPS) is 10.6. The van der Waals surface area contributed by atoms with Crippen molar-refractivity contribution < 1.29 is 4.74 Å². The molecule has 94 valence electrons. The molecule has 1 aromatic carbocycles. The van der Waals surface area contributed by atoms with Crippen LogP contribution in [0.15, 0.2) is 48.8 Å². The van der Waals surface area contributed by atoms with Gasteiger partial charge in [0.1, 0.15) is 11.5 Å². The summed E-state index contributed by atoms with van der Waals surface area (Å²) in [6.45, 7) is 1.91. The van der Waals surface area contributed by atoms with Crippen LogP contribution in [-0.2, 0) is 0 Å². The van der Waals surface area contributed by atoms with E-state index >= 15 is 0 Å². The highest BCUT2D eigenvalue weighted by atomic mass is 16.5. The fraction of sp³-hybridized carbons (Fsp3) is 0.0667. The van der Waals surface area contributed by atoms with Gasteiger partial charge in [-0.1, -0.05) is 0 Å². The quantitative estimate of drug-likeness (QED) is 0.710. The number of rotatable bonds is 2. The molecule has 0 bridgehead atoms. The van der Waals surface area contributed by atoms with E-state index in [9.17, 15) is 0 Å². The Kier molecular flexibility index (Phi) is 2.76. The highest BCUT2D eigenvalue weighted by molar-refractivity contribution is 5.93. The van der Waals surface area contributed by atoms with Gasteiger partial charge in [0.25, 0.3) is 0 Å². The maximum Gasteiger partial charge on any atom is 0.148 e. The van der Waals surface area contributed by atoms with Crippen LogP contribution in [-0.4, -0.2) is 9.97 Å². The molecule has 0 spiro atoms. The molecule has 0 unspecified atom stereocenters. The van der Waals surface area contributed by atoms with E-state index < -0.39 is 0 Å². The molecule has 19 heavy (non-hydrogen) atoms. The standard InChI is InChI=1S/C15H13N3O/c1-10-13(5-3-8-17-10)19-14-7-6-12(16)15-11(14)4-2-9-18-15/h2-9H,16H2,1H3. The second-order valence-corrected chi connectivity index (χ2v) is 4.24. The molecule has 0 saturated carbocycles. The second kappa shape index (κ2) is 4.57. The summed E-state index contributed by atoms with van der Waals surface area (Å²) in [5.74, 6) is 1.46. The van der Waals surface area contributed by atoms with Gasteiger partial charge in [-0.25, -0.2) is 0 Å². The summed E-state index contributed by atoms with van der Waals surface area (Å²) in [5, 5.41) is 0.894. The minimum absolute atomic E-state index is 0.644. The minimum atomic E-state index is 0.644. The van der Waals surface area contributed by atoms with E-state index in [2.05, 4.69) is 9.97 Å². The van der Waals surface area contributed by atoms with E-state index in [4.69, 9.17) is 10.5 Å². The lowest BCUT2D eigenvalue weighted by Crippen LogP contribution is -1.94. The fourth-order valence-corrected chi connectivity index (χ4v) is 1.95. The van der Waals surface area contributed by atoms with E-state index in [1.54, 1.807) is 18.5 Å². The van der Waals surface area contributed by atoms with Crippen molar-refractivity contribution in [3.8, 4) is 11.5 Å². The van der Waals surface area contributed by atoms with Crippen molar-refractivity contribution in [3.63, 3.8) is 0 Å². The average Bonchev–Trinajstić information content (AvgIpc) is 2.44. The Morgan fingerprint density at radius 3 is 2.58 bits per heavy atom. The zero-order valence-corrected chi connectivity index (χ0v) is 10.5. The third-order valence-corrected chi connectivity index (χ3v) is 2.94. The molecule has 0 aliphatic carbocycles. The number of aryl methyl sites for hydroxylation is 1. The van der Waals surface area contributed by atoms with Gasteiger partial charge in [0.2, 0.25) is 0 Å². The average molecular weight is 251 g/mol. The van der Waals surface area contributed by atoms with Crippen molar-refractivity contribution in [1.29, 1.82) is 0 Å². The lowest BCUT2D eigenvalue weighted by atomic mass is 10.1. The number of hydrogen-bond donors (Lipinski definition) is 1. The third kappa shape index (κ3) is 2.08. The molecule has 4 nitrogen and oxygen atoms in total. The van der Waals surface area contributed by atoms with Crippen molar-refractivity contribution >= 4 is 16.6 Å². The lowest BCUT2D eigenvalue weighted by Gasteiger charge is -2.11. The number of benzene rings is 1. The molecule has 0 fully saturated rings. The van der Waals surface area contributed by atoms with Gasteiger partial charge >= 0.3 is 0 Å². The van der Waals surface area contributed by atoms with Crippen molar-refractivity contribution in [1.82, 2.24) is 9.97 Å². The van der Waals surface area contributed by atoms with E-state index in [0.29, 0.717) is 5.69 Å². The molecule has 0 atom stereocenters. The first kappa shape index (κ1) is 11.5. The first-order chi connectivity index (χ1) is 9.25. The van der Waals surface area contributed by atoms with Crippen LogP contribution in [0.4, 0.5) is 5.69 Å². The number of nitrogens with zero attached hydrogens (tertiary/aromatic N) is 2. The van der Waals surface area contributed by atoms with Crippen LogP contribution >= 0.6 is 0 Å². The molecular formula is C15H13N3O. The molecule has 2 aromatic heterocycles. The molecule has 0 amide bonds. The minimum Gasteiger partial charge on any atom is -0.455 e. The van der Waals surface area contributed by atoms with Crippen LogP contribution in [0.5, 0.6) is 11.5 Å². The van der Waals surface area contributed by atoms with Crippen molar-refractivity contribution in [2.24, 2.45) is 0 Å². The van der Waals surface area contributed by atoms with Gasteiger partial charge in [0.15, 0.2) is 0 Å². The Labute approximate surface area is 110 Å². The van der Waals surface area contributed by atoms with Gasteiger partial charge < -0.3 is 10.5 Å². The summed E-state index contributed by atoms with van der Waals surface area (Å²) < 4.78 is 5.92. The maximum absolute atomic E-state index is 5.92. The number of aromatic nitrogens is 2. The molecule has 0 saturated heterocycles.